The summed E-state index contributed by atoms with van der Waals surface area (Å²) < 4.78 is 38.3. The molecular weight excluding hydrogens is 532 g/mol. The van der Waals surface area contributed by atoms with Gasteiger partial charge in [-0.25, -0.2) is 4.79 Å². The first-order valence-electron chi connectivity index (χ1n) is 12.5. The average molecular weight is 567 g/mol. The quantitative estimate of drug-likeness (QED) is 0.106. The van der Waals surface area contributed by atoms with Crippen LogP contribution in [0.1, 0.15) is 6.92 Å². The minimum atomic E-state index is -1.78. The number of carbonyl (C=O) groups is 1. The highest BCUT2D eigenvalue weighted by molar-refractivity contribution is 5.89. The monoisotopic (exact) mass is 566 g/mol. The van der Waals surface area contributed by atoms with E-state index in [0.29, 0.717) is 0 Å². The summed E-state index contributed by atoms with van der Waals surface area (Å²) in [6.07, 6.45) is -17.7. The van der Waals surface area contributed by atoms with Gasteiger partial charge in [-0.15, -0.1) is 0 Å². The zero-order chi connectivity index (χ0) is 28.4. The topological polar surface area (TPSA) is 247 Å². The summed E-state index contributed by atoms with van der Waals surface area (Å²) >= 11 is 0. The first-order chi connectivity index (χ1) is 18.4. The molecule has 4 fully saturated rings. The molecule has 16 unspecified atom stereocenters. The molecule has 8 N–H and O–H groups in total. The van der Waals surface area contributed by atoms with Gasteiger partial charge in [-0.2, -0.15) is 0 Å². The van der Waals surface area contributed by atoms with Crippen LogP contribution in [0, 0.1) is 11.8 Å². The number of epoxide rings is 1. The standard InChI is InChI=1S/C23H34O16/c1-23-10-9(13(27)18(23)39-23)6(19(32)33-2)4-34-20(10)38-22-17(31)15(29)12(26)8(37-22)5-35-21-16(30)14(28)11(25)7(3-24)36-21/h4,7-18,20-22,24-31H,3,5H2,1-2H3. The van der Waals surface area contributed by atoms with Crippen molar-refractivity contribution in [2.45, 2.75) is 92.4 Å². The Morgan fingerprint density at radius 1 is 0.872 bits per heavy atom. The summed E-state index contributed by atoms with van der Waals surface area (Å²) in [6.45, 7) is 0.487. The van der Waals surface area contributed by atoms with Crippen LogP contribution >= 0.6 is 0 Å². The number of esters is 1. The van der Waals surface area contributed by atoms with Crippen molar-refractivity contribution >= 4 is 5.97 Å². The maximum absolute atomic E-state index is 12.3. The third kappa shape index (κ3) is 4.76. The molecule has 0 aromatic carbocycles. The largest absolute Gasteiger partial charge is 0.471 e. The van der Waals surface area contributed by atoms with Crippen molar-refractivity contribution in [2.24, 2.45) is 11.8 Å². The van der Waals surface area contributed by atoms with Crippen LogP contribution in [-0.2, 0) is 38.0 Å². The molecule has 16 atom stereocenters. The molecule has 0 radical (unpaired) electrons. The number of aliphatic hydroxyl groups excluding tert-OH is 8. The molecule has 222 valence electrons. The predicted molar refractivity (Wildman–Crippen MR) is 119 cm³/mol. The van der Waals surface area contributed by atoms with Crippen molar-refractivity contribution in [1.29, 1.82) is 0 Å². The summed E-state index contributed by atoms with van der Waals surface area (Å²) in [5, 5.41) is 81.6. The number of carbonyl (C=O) groups excluding carboxylic acids is 1. The highest BCUT2D eigenvalue weighted by atomic mass is 16.8. The van der Waals surface area contributed by atoms with E-state index in [2.05, 4.69) is 0 Å². The van der Waals surface area contributed by atoms with Gasteiger partial charge < -0.3 is 74.0 Å². The number of methoxy groups -OCH3 is 1. The Morgan fingerprint density at radius 2 is 1.49 bits per heavy atom. The maximum atomic E-state index is 12.3. The number of hydrogen-bond donors (Lipinski definition) is 8. The zero-order valence-corrected chi connectivity index (χ0v) is 21.0. The van der Waals surface area contributed by atoms with Crippen LogP contribution in [-0.4, -0.2) is 153 Å². The third-order valence-corrected chi connectivity index (χ3v) is 8.23. The predicted octanol–water partition coefficient (Wildman–Crippen LogP) is -5.20. The van der Waals surface area contributed by atoms with E-state index in [1.54, 1.807) is 6.92 Å². The van der Waals surface area contributed by atoms with E-state index in [1.165, 1.54) is 7.11 Å². The van der Waals surface area contributed by atoms with E-state index >= 15 is 0 Å². The van der Waals surface area contributed by atoms with Crippen LogP contribution in [0.25, 0.3) is 0 Å². The number of hydrogen-bond acceptors (Lipinski definition) is 16. The van der Waals surface area contributed by atoms with Crippen molar-refractivity contribution < 1.29 is 78.8 Å². The van der Waals surface area contributed by atoms with Crippen molar-refractivity contribution in [3.8, 4) is 0 Å². The summed E-state index contributed by atoms with van der Waals surface area (Å²) in [5.41, 5.74) is -0.843. The highest BCUT2D eigenvalue weighted by Crippen LogP contribution is 2.61. The minimum Gasteiger partial charge on any atom is -0.471 e. The zero-order valence-electron chi connectivity index (χ0n) is 21.0. The Morgan fingerprint density at radius 3 is 2.13 bits per heavy atom. The van der Waals surface area contributed by atoms with Gasteiger partial charge in [-0.05, 0) is 6.92 Å². The van der Waals surface area contributed by atoms with E-state index < -0.39 is 117 Å². The normalized spacial score (nSPS) is 52.8. The van der Waals surface area contributed by atoms with E-state index in [1.807, 2.05) is 0 Å². The molecule has 1 saturated carbocycles. The maximum Gasteiger partial charge on any atom is 0.337 e. The van der Waals surface area contributed by atoms with Crippen molar-refractivity contribution in [3.63, 3.8) is 0 Å². The number of ether oxygens (including phenoxy) is 7. The van der Waals surface area contributed by atoms with Crippen molar-refractivity contribution in [3.05, 3.63) is 11.8 Å². The van der Waals surface area contributed by atoms with Crippen LogP contribution in [0.15, 0.2) is 11.8 Å². The number of aliphatic hydroxyl groups is 8. The Bertz CT molecular complexity index is 945. The second-order valence-corrected chi connectivity index (χ2v) is 10.5. The fourth-order valence-corrected chi connectivity index (χ4v) is 5.91. The number of rotatable bonds is 7. The lowest BCUT2D eigenvalue weighted by molar-refractivity contribution is -0.355. The molecule has 0 bridgehead atoms. The van der Waals surface area contributed by atoms with Gasteiger partial charge in [0.25, 0.3) is 0 Å². The van der Waals surface area contributed by atoms with Gasteiger partial charge >= 0.3 is 5.97 Å². The molecule has 39 heavy (non-hydrogen) atoms. The van der Waals surface area contributed by atoms with Crippen molar-refractivity contribution in [2.75, 3.05) is 20.3 Å². The van der Waals surface area contributed by atoms with E-state index in [9.17, 15) is 45.6 Å². The van der Waals surface area contributed by atoms with Gasteiger partial charge in [0.1, 0.15) is 60.5 Å². The molecule has 5 rings (SSSR count). The average Bonchev–Trinajstić information content (AvgIpc) is 3.57. The molecule has 3 saturated heterocycles. The van der Waals surface area contributed by atoms with E-state index in [4.69, 9.17) is 33.2 Å². The van der Waals surface area contributed by atoms with Crippen LogP contribution in [0.4, 0.5) is 0 Å². The smallest absolute Gasteiger partial charge is 0.337 e. The van der Waals surface area contributed by atoms with Gasteiger partial charge in [0.2, 0.25) is 6.29 Å². The van der Waals surface area contributed by atoms with Crippen LogP contribution in [0.2, 0.25) is 0 Å². The minimum absolute atomic E-state index is 0.0817. The molecule has 0 spiro atoms. The fraction of sp³-hybridized carbons (Fsp3) is 0.870. The third-order valence-electron chi connectivity index (χ3n) is 8.23. The second kappa shape index (κ2) is 10.7. The van der Waals surface area contributed by atoms with Gasteiger partial charge in [-0.1, -0.05) is 0 Å². The van der Waals surface area contributed by atoms with Gasteiger partial charge in [0.15, 0.2) is 12.6 Å². The Hall–Kier alpha value is -1.51. The van der Waals surface area contributed by atoms with E-state index in [0.717, 1.165) is 6.26 Å². The Kier molecular flexibility index (Phi) is 7.97. The van der Waals surface area contributed by atoms with Gasteiger partial charge in [0, 0.05) is 5.92 Å². The molecule has 0 aromatic heterocycles. The van der Waals surface area contributed by atoms with Crippen LogP contribution < -0.4 is 0 Å². The molecule has 16 nitrogen and oxygen atoms in total. The number of fused-ring (bicyclic) bond motifs is 3. The van der Waals surface area contributed by atoms with Crippen LogP contribution in [0.3, 0.4) is 0 Å². The Balaban J connectivity index is 1.28. The first-order valence-corrected chi connectivity index (χ1v) is 12.5. The Labute approximate surface area is 221 Å². The lowest BCUT2D eigenvalue weighted by atomic mass is 9.81. The van der Waals surface area contributed by atoms with Crippen molar-refractivity contribution in [1.82, 2.24) is 0 Å². The molecule has 5 aliphatic rings. The molecule has 16 heteroatoms. The molecule has 4 aliphatic heterocycles. The summed E-state index contributed by atoms with van der Waals surface area (Å²) in [4.78, 5) is 12.3. The molecular formula is C23H34O16. The highest BCUT2D eigenvalue weighted by Gasteiger charge is 2.75. The summed E-state index contributed by atoms with van der Waals surface area (Å²) in [5.74, 6) is -2.22. The summed E-state index contributed by atoms with van der Waals surface area (Å²) in [6, 6.07) is 0. The molecule has 0 aromatic rings. The van der Waals surface area contributed by atoms with E-state index in [-0.39, 0.29) is 5.57 Å². The summed E-state index contributed by atoms with van der Waals surface area (Å²) in [7, 11) is 1.19. The SMILES string of the molecule is COC(=O)C1=COC(OC2OC(COC3OC(CO)C(O)C(O)C3O)C(O)C(O)C2O)C2C1C(O)C1OC12C. The van der Waals surface area contributed by atoms with Gasteiger partial charge in [-0.3, -0.25) is 0 Å². The second-order valence-electron chi connectivity index (χ2n) is 10.5. The lowest BCUT2D eigenvalue weighted by Gasteiger charge is -2.44. The molecule has 0 amide bonds. The first kappa shape index (κ1) is 29.0. The fourth-order valence-electron chi connectivity index (χ4n) is 5.91. The van der Waals surface area contributed by atoms with Crippen LogP contribution in [0.5, 0.6) is 0 Å². The van der Waals surface area contributed by atoms with Gasteiger partial charge in [0.05, 0.1) is 44.2 Å². The lowest BCUT2D eigenvalue weighted by Crippen LogP contribution is -2.62. The molecule has 1 aliphatic carbocycles. The molecule has 4 heterocycles.